The number of halogens is 1. The molecule has 0 atom stereocenters. The summed E-state index contributed by atoms with van der Waals surface area (Å²) < 4.78 is 1.91. The van der Waals surface area contributed by atoms with Crippen LogP contribution in [0.2, 0.25) is 5.02 Å². The van der Waals surface area contributed by atoms with E-state index in [2.05, 4.69) is 15.5 Å². The Morgan fingerprint density at radius 2 is 2.12 bits per heavy atom. The highest BCUT2D eigenvalue weighted by Crippen LogP contribution is 2.15. The lowest BCUT2D eigenvalue weighted by Gasteiger charge is -2.05. The van der Waals surface area contributed by atoms with Gasteiger partial charge in [0.05, 0.1) is 0 Å². The van der Waals surface area contributed by atoms with Crippen LogP contribution < -0.4 is 5.32 Å². The molecule has 0 aliphatic rings. The fraction of sp³-hybridized carbons (Fsp3) is 0.273. The molecule has 2 rings (SSSR count). The van der Waals surface area contributed by atoms with Crippen molar-refractivity contribution in [3.63, 3.8) is 0 Å². The first-order valence-corrected chi connectivity index (χ1v) is 6.58. The summed E-state index contributed by atoms with van der Waals surface area (Å²) in [5.41, 5.74) is 1.08. The minimum atomic E-state index is 0.754. The lowest BCUT2D eigenvalue weighted by molar-refractivity contribution is 0.788. The molecular formula is C11H13ClN4S. The van der Waals surface area contributed by atoms with E-state index in [1.54, 1.807) is 18.1 Å². The van der Waals surface area contributed by atoms with Gasteiger partial charge in [0.2, 0.25) is 0 Å². The number of hydrogen-bond acceptors (Lipinski definition) is 4. The monoisotopic (exact) mass is 268 g/mol. The van der Waals surface area contributed by atoms with Crippen molar-refractivity contribution in [2.24, 2.45) is 7.05 Å². The molecule has 0 radical (unpaired) electrons. The van der Waals surface area contributed by atoms with Crippen LogP contribution in [0.4, 0.5) is 5.69 Å². The van der Waals surface area contributed by atoms with E-state index >= 15 is 0 Å². The first kappa shape index (κ1) is 12.3. The van der Waals surface area contributed by atoms with Crippen LogP contribution in [0.5, 0.6) is 0 Å². The molecule has 0 bridgehead atoms. The normalized spacial score (nSPS) is 10.5. The van der Waals surface area contributed by atoms with Crippen molar-refractivity contribution in [3.8, 4) is 0 Å². The number of anilines is 1. The topological polar surface area (TPSA) is 42.7 Å². The Balaban J connectivity index is 1.73. The molecule has 0 saturated carbocycles. The number of aryl methyl sites for hydroxylation is 1. The smallest absolute Gasteiger partial charge is 0.190 e. The van der Waals surface area contributed by atoms with Crippen molar-refractivity contribution in [3.05, 3.63) is 35.6 Å². The van der Waals surface area contributed by atoms with Gasteiger partial charge in [-0.15, -0.1) is 10.2 Å². The second kappa shape index (κ2) is 5.93. The molecule has 0 fully saturated rings. The first-order chi connectivity index (χ1) is 8.25. The van der Waals surface area contributed by atoms with Crippen LogP contribution >= 0.6 is 23.4 Å². The third-order valence-electron chi connectivity index (χ3n) is 2.18. The van der Waals surface area contributed by atoms with Gasteiger partial charge < -0.3 is 9.88 Å². The summed E-state index contributed by atoms with van der Waals surface area (Å²) in [4.78, 5) is 0. The Bertz CT molecular complexity index is 469. The van der Waals surface area contributed by atoms with Crippen molar-refractivity contribution < 1.29 is 0 Å². The van der Waals surface area contributed by atoms with Crippen LogP contribution in [0.3, 0.4) is 0 Å². The second-order valence-electron chi connectivity index (χ2n) is 3.51. The van der Waals surface area contributed by atoms with Gasteiger partial charge in [-0.3, -0.25) is 0 Å². The maximum Gasteiger partial charge on any atom is 0.190 e. The Kier molecular flexibility index (Phi) is 4.28. The SMILES string of the molecule is Cn1cnnc1SCCNc1ccc(Cl)cc1. The molecular weight excluding hydrogens is 256 g/mol. The maximum atomic E-state index is 5.81. The Labute approximate surface area is 109 Å². The largest absolute Gasteiger partial charge is 0.384 e. The van der Waals surface area contributed by atoms with Crippen molar-refractivity contribution in [2.75, 3.05) is 17.6 Å². The summed E-state index contributed by atoms with van der Waals surface area (Å²) in [5, 5.41) is 12.8. The molecule has 0 aliphatic heterocycles. The third-order valence-corrected chi connectivity index (χ3v) is 3.46. The lowest BCUT2D eigenvalue weighted by atomic mass is 10.3. The van der Waals surface area contributed by atoms with E-state index in [0.29, 0.717) is 0 Å². The second-order valence-corrected chi connectivity index (χ2v) is 5.01. The van der Waals surface area contributed by atoms with Gasteiger partial charge in [0, 0.05) is 30.1 Å². The molecule has 6 heteroatoms. The zero-order valence-corrected chi connectivity index (χ0v) is 11.0. The highest BCUT2D eigenvalue weighted by molar-refractivity contribution is 7.99. The number of benzene rings is 1. The highest BCUT2D eigenvalue weighted by atomic mass is 35.5. The molecule has 17 heavy (non-hydrogen) atoms. The van der Waals surface area contributed by atoms with Gasteiger partial charge in [0.15, 0.2) is 5.16 Å². The zero-order chi connectivity index (χ0) is 12.1. The van der Waals surface area contributed by atoms with Gasteiger partial charge in [-0.2, -0.15) is 0 Å². The molecule has 0 unspecified atom stereocenters. The molecule has 0 saturated heterocycles. The van der Waals surface area contributed by atoms with Crippen LogP contribution in [0, 0.1) is 0 Å². The Hall–Kier alpha value is -1.20. The van der Waals surface area contributed by atoms with Crippen molar-refractivity contribution in [1.29, 1.82) is 0 Å². The summed E-state index contributed by atoms with van der Waals surface area (Å²) in [6, 6.07) is 7.68. The van der Waals surface area contributed by atoms with Crippen LogP contribution in [0.15, 0.2) is 35.7 Å². The van der Waals surface area contributed by atoms with E-state index in [1.807, 2.05) is 35.9 Å². The highest BCUT2D eigenvalue weighted by Gasteiger charge is 2.00. The number of thioether (sulfide) groups is 1. The van der Waals surface area contributed by atoms with Gasteiger partial charge in [-0.1, -0.05) is 23.4 Å². The summed E-state index contributed by atoms with van der Waals surface area (Å²) in [7, 11) is 1.94. The van der Waals surface area contributed by atoms with E-state index in [4.69, 9.17) is 11.6 Å². The molecule has 1 heterocycles. The minimum absolute atomic E-state index is 0.754. The number of aromatic nitrogens is 3. The molecule has 0 spiro atoms. The van der Waals surface area contributed by atoms with Gasteiger partial charge in [0.25, 0.3) is 0 Å². The summed E-state index contributed by atoms with van der Waals surface area (Å²) in [5.74, 6) is 0.940. The molecule has 90 valence electrons. The number of rotatable bonds is 5. The fourth-order valence-corrected chi connectivity index (χ4v) is 2.18. The average Bonchev–Trinajstić information content (AvgIpc) is 2.73. The van der Waals surface area contributed by atoms with E-state index < -0.39 is 0 Å². The lowest BCUT2D eigenvalue weighted by Crippen LogP contribution is -2.04. The molecule has 1 N–H and O–H groups in total. The maximum absolute atomic E-state index is 5.81. The number of nitrogens with one attached hydrogen (secondary N) is 1. The van der Waals surface area contributed by atoms with Gasteiger partial charge in [-0.25, -0.2) is 0 Å². The molecule has 1 aromatic carbocycles. The minimum Gasteiger partial charge on any atom is -0.384 e. The summed E-state index contributed by atoms with van der Waals surface area (Å²) in [6.45, 7) is 0.874. The van der Waals surface area contributed by atoms with E-state index in [9.17, 15) is 0 Å². The quantitative estimate of drug-likeness (QED) is 0.669. The van der Waals surface area contributed by atoms with E-state index in [-0.39, 0.29) is 0 Å². The molecule has 4 nitrogen and oxygen atoms in total. The predicted octanol–water partition coefficient (Wildman–Crippen LogP) is 2.67. The number of hydrogen-bond donors (Lipinski definition) is 1. The van der Waals surface area contributed by atoms with Crippen LogP contribution in [-0.2, 0) is 7.05 Å². The van der Waals surface area contributed by atoms with Gasteiger partial charge in [-0.05, 0) is 24.3 Å². The van der Waals surface area contributed by atoms with Crippen LogP contribution in [0.1, 0.15) is 0 Å². The standard InChI is InChI=1S/C11H13ClN4S/c1-16-8-14-15-11(16)17-7-6-13-10-4-2-9(12)3-5-10/h2-5,8,13H,6-7H2,1H3. The molecule has 2 aromatic rings. The van der Waals surface area contributed by atoms with E-state index in [1.165, 1.54) is 0 Å². The van der Waals surface area contributed by atoms with Crippen LogP contribution in [-0.4, -0.2) is 27.1 Å². The van der Waals surface area contributed by atoms with Crippen molar-refractivity contribution >= 4 is 29.1 Å². The van der Waals surface area contributed by atoms with Crippen LogP contribution in [0.25, 0.3) is 0 Å². The Morgan fingerprint density at radius 1 is 1.35 bits per heavy atom. The summed E-state index contributed by atoms with van der Waals surface area (Å²) >= 11 is 7.48. The van der Waals surface area contributed by atoms with Gasteiger partial charge >= 0.3 is 0 Å². The number of nitrogens with zero attached hydrogens (tertiary/aromatic N) is 3. The zero-order valence-electron chi connectivity index (χ0n) is 9.43. The molecule has 0 amide bonds. The first-order valence-electron chi connectivity index (χ1n) is 5.22. The summed E-state index contributed by atoms with van der Waals surface area (Å²) in [6.07, 6.45) is 1.70. The fourth-order valence-electron chi connectivity index (χ4n) is 1.31. The van der Waals surface area contributed by atoms with E-state index in [0.717, 1.165) is 28.2 Å². The van der Waals surface area contributed by atoms with Crippen molar-refractivity contribution in [1.82, 2.24) is 14.8 Å². The molecule has 0 aliphatic carbocycles. The predicted molar refractivity (Wildman–Crippen MR) is 71.7 cm³/mol. The Morgan fingerprint density at radius 3 is 2.76 bits per heavy atom. The molecule has 1 aromatic heterocycles. The average molecular weight is 269 g/mol. The van der Waals surface area contributed by atoms with Crippen molar-refractivity contribution in [2.45, 2.75) is 5.16 Å². The third kappa shape index (κ3) is 3.64. The van der Waals surface area contributed by atoms with Gasteiger partial charge in [0.1, 0.15) is 6.33 Å².